The van der Waals surface area contributed by atoms with Crippen LogP contribution in [0.5, 0.6) is 0 Å². The molecule has 0 bridgehead atoms. The molecular weight excluding hydrogens is 338 g/mol. The van der Waals surface area contributed by atoms with E-state index in [1.807, 2.05) is 6.07 Å². The number of aromatic carboxylic acids is 1. The molecule has 0 amide bonds. The summed E-state index contributed by atoms with van der Waals surface area (Å²) in [7, 11) is 0. The van der Waals surface area contributed by atoms with Crippen molar-refractivity contribution in [3.63, 3.8) is 0 Å². The van der Waals surface area contributed by atoms with E-state index in [-0.39, 0.29) is 5.56 Å². The molecule has 0 aliphatic carbocycles. The lowest BCUT2D eigenvalue weighted by Gasteiger charge is -2.05. The molecule has 1 aromatic carbocycles. The van der Waals surface area contributed by atoms with Crippen molar-refractivity contribution in [1.29, 1.82) is 0 Å². The summed E-state index contributed by atoms with van der Waals surface area (Å²) in [6.07, 6.45) is 1.64. The molecule has 1 heterocycles. The number of carboxylic acids is 1. The molecule has 2 aromatic rings. The van der Waals surface area contributed by atoms with Gasteiger partial charge in [-0.1, -0.05) is 39.3 Å². The van der Waals surface area contributed by atoms with Crippen molar-refractivity contribution in [1.82, 2.24) is 4.98 Å². The molecule has 0 atom stereocenters. The van der Waals surface area contributed by atoms with Gasteiger partial charge in [0.25, 0.3) is 0 Å². The van der Waals surface area contributed by atoms with Crippen LogP contribution in [0, 0.1) is 0 Å². The molecule has 0 spiro atoms. The topological polar surface area (TPSA) is 50.2 Å². The number of nitrogens with zero attached hydrogens (tertiary/aromatic N) is 1. The molecule has 0 fully saturated rings. The van der Waals surface area contributed by atoms with E-state index in [0.29, 0.717) is 14.5 Å². The number of benzene rings is 1. The van der Waals surface area contributed by atoms with E-state index >= 15 is 0 Å². The van der Waals surface area contributed by atoms with Gasteiger partial charge in [-0.05, 0) is 30.3 Å². The summed E-state index contributed by atoms with van der Waals surface area (Å²) < 4.78 is 0.706. The third-order valence-corrected chi connectivity index (χ3v) is 3.92. The Bertz CT molecular complexity index is 606. The number of carboxylic acid groups (broad SMARTS) is 1. The standard InChI is InChI=1S/C12H7BrClNO2S/c13-8-4-7(12(16)17)5-9(6-8)18-11-10(14)2-1-3-15-11/h1-6H,(H,16,17). The van der Waals surface area contributed by atoms with Gasteiger partial charge < -0.3 is 5.11 Å². The number of rotatable bonds is 3. The summed E-state index contributed by atoms with van der Waals surface area (Å²) >= 11 is 10.6. The average Bonchev–Trinajstić information content (AvgIpc) is 2.31. The van der Waals surface area contributed by atoms with Crippen LogP contribution in [0.3, 0.4) is 0 Å². The van der Waals surface area contributed by atoms with Gasteiger partial charge in [-0.15, -0.1) is 0 Å². The predicted molar refractivity (Wildman–Crippen MR) is 74.5 cm³/mol. The maximum atomic E-state index is 11.0. The quantitative estimate of drug-likeness (QED) is 0.899. The highest BCUT2D eigenvalue weighted by atomic mass is 79.9. The maximum absolute atomic E-state index is 11.0. The largest absolute Gasteiger partial charge is 0.478 e. The number of hydrogen-bond acceptors (Lipinski definition) is 3. The summed E-state index contributed by atoms with van der Waals surface area (Å²) in [5.41, 5.74) is 0.221. The summed E-state index contributed by atoms with van der Waals surface area (Å²) in [5.74, 6) is -0.967. The molecule has 0 aliphatic heterocycles. The second kappa shape index (κ2) is 5.73. The lowest BCUT2D eigenvalue weighted by Crippen LogP contribution is -1.96. The summed E-state index contributed by atoms with van der Waals surface area (Å²) in [5, 5.41) is 10.2. The molecule has 0 saturated heterocycles. The van der Waals surface area contributed by atoms with Crippen LogP contribution in [-0.4, -0.2) is 16.1 Å². The van der Waals surface area contributed by atoms with Crippen LogP contribution in [0.4, 0.5) is 0 Å². The zero-order chi connectivity index (χ0) is 13.1. The number of pyridine rings is 1. The molecule has 0 aliphatic rings. The van der Waals surface area contributed by atoms with Gasteiger partial charge in [0.15, 0.2) is 0 Å². The molecule has 0 unspecified atom stereocenters. The maximum Gasteiger partial charge on any atom is 0.335 e. The van der Waals surface area contributed by atoms with Gasteiger partial charge in [0, 0.05) is 15.6 Å². The van der Waals surface area contributed by atoms with Crippen molar-refractivity contribution in [3.05, 3.63) is 51.6 Å². The summed E-state index contributed by atoms with van der Waals surface area (Å²) in [4.78, 5) is 15.9. The highest BCUT2D eigenvalue weighted by molar-refractivity contribution is 9.10. The Morgan fingerprint density at radius 1 is 1.39 bits per heavy atom. The van der Waals surface area contributed by atoms with Crippen molar-refractivity contribution in [2.75, 3.05) is 0 Å². The van der Waals surface area contributed by atoms with Crippen LogP contribution in [0.25, 0.3) is 0 Å². The lowest BCUT2D eigenvalue weighted by molar-refractivity contribution is 0.0696. The Kier molecular flexibility index (Phi) is 4.27. The molecular formula is C12H7BrClNO2S. The van der Waals surface area contributed by atoms with E-state index in [2.05, 4.69) is 20.9 Å². The average molecular weight is 345 g/mol. The van der Waals surface area contributed by atoms with Gasteiger partial charge in [0.1, 0.15) is 5.03 Å². The van der Waals surface area contributed by atoms with Crippen LogP contribution in [-0.2, 0) is 0 Å². The molecule has 0 saturated carbocycles. The SMILES string of the molecule is O=C(O)c1cc(Br)cc(Sc2ncccc2Cl)c1. The first-order valence-electron chi connectivity index (χ1n) is 4.88. The van der Waals surface area contributed by atoms with E-state index in [4.69, 9.17) is 16.7 Å². The summed E-state index contributed by atoms with van der Waals surface area (Å²) in [6.45, 7) is 0. The van der Waals surface area contributed by atoms with Gasteiger partial charge in [0.05, 0.1) is 10.6 Å². The Balaban J connectivity index is 2.35. The first-order valence-corrected chi connectivity index (χ1v) is 6.87. The molecule has 3 nitrogen and oxygen atoms in total. The van der Waals surface area contributed by atoms with E-state index < -0.39 is 5.97 Å². The van der Waals surface area contributed by atoms with E-state index in [1.54, 1.807) is 30.5 Å². The van der Waals surface area contributed by atoms with Crippen molar-refractivity contribution >= 4 is 45.3 Å². The Hall–Kier alpha value is -1.04. The van der Waals surface area contributed by atoms with E-state index in [1.165, 1.54) is 11.8 Å². The molecule has 1 aromatic heterocycles. The summed E-state index contributed by atoms with van der Waals surface area (Å²) in [6, 6.07) is 8.44. The van der Waals surface area contributed by atoms with Crippen molar-refractivity contribution < 1.29 is 9.90 Å². The number of carbonyl (C=O) groups is 1. The van der Waals surface area contributed by atoms with Gasteiger partial charge in [0.2, 0.25) is 0 Å². The molecule has 1 N–H and O–H groups in total. The fourth-order valence-corrected chi connectivity index (χ4v) is 3.06. The third kappa shape index (κ3) is 3.25. The number of halogens is 2. The van der Waals surface area contributed by atoms with Gasteiger partial charge in [-0.2, -0.15) is 0 Å². The highest BCUT2D eigenvalue weighted by Crippen LogP contribution is 2.33. The Morgan fingerprint density at radius 3 is 2.83 bits per heavy atom. The van der Waals surface area contributed by atoms with Crippen LogP contribution >= 0.6 is 39.3 Å². The number of aromatic nitrogens is 1. The smallest absolute Gasteiger partial charge is 0.335 e. The fraction of sp³-hybridized carbons (Fsp3) is 0. The van der Waals surface area contributed by atoms with Crippen LogP contribution < -0.4 is 0 Å². The predicted octanol–water partition coefficient (Wildman–Crippen LogP) is 4.35. The monoisotopic (exact) mass is 343 g/mol. The minimum Gasteiger partial charge on any atom is -0.478 e. The third-order valence-electron chi connectivity index (χ3n) is 2.06. The second-order valence-electron chi connectivity index (χ2n) is 3.37. The molecule has 92 valence electrons. The minimum absolute atomic E-state index is 0.221. The van der Waals surface area contributed by atoms with Gasteiger partial charge in [-0.25, -0.2) is 9.78 Å². The first-order chi connectivity index (χ1) is 8.56. The zero-order valence-electron chi connectivity index (χ0n) is 8.93. The van der Waals surface area contributed by atoms with Crippen LogP contribution in [0.2, 0.25) is 5.02 Å². The molecule has 2 rings (SSSR count). The van der Waals surface area contributed by atoms with Crippen LogP contribution in [0.15, 0.2) is 50.9 Å². The Labute approximate surface area is 121 Å². The lowest BCUT2D eigenvalue weighted by atomic mass is 10.2. The van der Waals surface area contributed by atoms with Gasteiger partial charge in [-0.3, -0.25) is 0 Å². The van der Waals surface area contributed by atoms with Crippen molar-refractivity contribution in [2.45, 2.75) is 9.92 Å². The Morgan fingerprint density at radius 2 is 2.17 bits per heavy atom. The number of hydrogen-bond donors (Lipinski definition) is 1. The van der Waals surface area contributed by atoms with Crippen molar-refractivity contribution in [2.24, 2.45) is 0 Å². The minimum atomic E-state index is -0.967. The molecule has 0 radical (unpaired) electrons. The second-order valence-corrected chi connectivity index (χ2v) is 5.76. The zero-order valence-corrected chi connectivity index (χ0v) is 12.1. The molecule has 6 heteroatoms. The molecule has 18 heavy (non-hydrogen) atoms. The fourth-order valence-electron chi connectivity index (χ4n) is 1.30. The van der Waals surface area contributed by atoms with E-state index in [9.17, 15) is 4.79 Å². The van der Waals surface area contributed by atoms with Gasteiger partial charge >= 0.3 is 5.97 Å². The van der Waals surface area contributed by atoms with Crippen LogP contribution in [0.1, 0.15) is 10.4 Å². The van der Waals surface area contributed by atoms with Crippen molar-refractivity contribution in [3.8, 4) is 0 Å². The first kappa shape index (κ1) is 13.4. The normalized spacial score (nSPS) is 10.3. The van der Waals surface area contributed by atoms with E-state index in [0.717, 1.165) is 4.90 Å². The highest BCUT2D eigenvalue weighted by Gasteiger charge is 2.09.